The van der Waals surface area contributed by atoms with Crippen molar-refractivity contribution in [3.05, 3.63) is 45.5 Å². The van der Waals surface area contributed by atoms with Crippen molar-refractivity contribution in [1.29, 1.82) is 0 Å². The van der Waals surface area contributed by atoms with E-state index in [1.54, 1.807) is 11.9 Å². The number of halogens is 1. The number of ketones is 2. The molecule has 220 valence electrons. The summed E-state index contributed by atoms with van der Waals surface area (Å²) in [7, 11) is 4.81. The lowest BCUT2D eigenvalue weighted by molar-refractivity contribution is -0.153. The molecule has 1 saturated carbocycles. The van der Waals surface area contributed by atoms with Crippen LogP contribution in [0.1, 0.15) is 43.4 Å². The van der Waals surface area contributed by atoms with Crippen LogP contribution < -0.4 is 11.1 Å². The highest BCUT2D eigenvalue weighted by Crippen LogP contribution is 2.52. The van der Waals surface area contributed by atoms with E-state index in [1.807, 2.05) is 13.8 Å². The second-order valence-corrected chi connectivity index (χ2v) is 11.9. The molecular weight excluding hydrogens is 535 g/mol. The molecule has 0 aromatic heterocycles. The van der Waals surface area contributed by atoms with Gasteiger partial charge in [-0.05, 0) is 57.5 Å². The molecule has 0 radical (unpaired) electrons. The van der Waals surface area contributed by atoms with E-state index in [2.05, 4.69) is 5.32 Å². The first-order valence-corrected chi connectivity index (χ1v) is 13.7. The number of amides is 2. The number of nitrogens with zero attached hydrogens (tertiary/aromatic N) is 2. The molecule has 0 bridgehead atoms. The molecule has 3 aliphatic carbocycles. The Morgan fingerprint density at radius 3 is 2.51 bits per heavy atom. The lowest BCUT2D eigenvalue weighted by Crippen LogP contribution is -2.65. The van der Waals surface area contributed by atoms with Gasteiger partial charge in [-0.15, -0.1) is 0 Å². The standard InChI is InChI=1S/C29H35FN4O7/c1-6-11(2)21-28(40)32-17-9-14-13(20(30)15(17)10-34(21)5)7-12-8-16-22(33(3)4)24(36)19(27(31)39)26(38)29(16,41)25(37)18(12)23(14)35/h9,11-12,16,21-22,35,38,41H,6-8,10H2,1-5H3,(H2,31,39)(H,32,40)/t11?,12-,16-,21-,22-,29-/m0/s1. The number of hydrogen-bond acceptors (Lipinski definition) is 9. The van der Waals surface area contributed by atoms with Gasteiger partial charge in [-0.2, -0.15) is 0 Å². The van der Waals surface area contributed by atoms with Crippen molar-refractivity contribution in [2.75, 3.05) is 26.5 Å². The molecule has 4 aliphatic rings. The number of carbonyl (C=O) groups excluding carboxylic acids is 4. The van der Waals surface area contributed by atoms with E-state index < -0.39 is 69.9 Å². The van der Waals surface area contributed by atoms with Crippen LogP contribution in [0, 0.1) is 23.6 Å². The molecule has 12 heteroatoms. The number of hydrogen-bond donors (Lipinski definition) is 5. The smallest absolute Gasteiger partial charge is 0.255 e. The topological polar surface area (TPSA) is 174 Å². The normalized spacial score (nSPS) is 30.8. The number of anilines is 1. The van der Waals surface area contributed by atoms with Gasteiger partial charge in [0.05, 0.1) is 12.1 Å². The fraction of sp³-hybridized carbons (Fsp3) is 0.517. The molecule has 6 atom stereocenters. The van der Waals surface area contributed by atoms with E-state index in [0.717, 1.165) is 6.42 Å². The number of benzene rings is 1. The highest BCUT2D eigenvalue weighted by Gasteiger charge is 2.64. The van der Waals surface area contributed by atoms with Crippen molar-refractivity contribution in [2.45, 2.75) is 57.3 Å². The molecule has 0 spiro atoms. The summed E-state index contributed by atoms with van der Waals surface area (Å²) in [6.45, 7) is 4.04. The first-order chi connectivity index (χ1) is 19.2. The van der Waals surface area contributed by atoms with Crippen molar-refractivity contribution in [3.8, 4) is 0 Å². The summed E-state index contributed by atoms with van der Waals surface area (Å²) in [6.07, 6.45) is 0.628. The van der Waals surface area contributed by atoms with E-state index in [4.69, 9.17) is 5.73 Å². The summed E-state index contributed by atoms with van der Waals surface area (Å²) in [5, 5.41) is 36.8. The van der Waals surface area contributed by atoms with Crippen LogP contribution in [-0.4, -0.2) is 87.3 Å². The molecule has 1 unspecified atom stereocenters. The van der Waals surface area contributed by atoms with Crippen LogP contribution in [0.15, 0.2) is 23.0 Å². The Balaban J connectivity index is 1.67. The average molecular weight is 571 g/mol. The monoisotopic (exact) mass is 570 g/mol. The van der Waals surface area contributed by atoms with Crippen molar-refractivity contribution in [1.82, 2.24) is 9.80 Å². The van der Waals surface area contributed by atoms with Crippen LogP contribution in [0.3, 0.4) is 0 Å². The van der Waals surface area contributed by atoms with E-state index in [0.29, 0.717) is 0 Å². The second-order valence-electron chi connectivity index (χ2n) is 11.9. The SMILES string of the molecule is CCC(C)[C@H]1C(=O)Nc2cc3c(c(F)c2CN1C)C[C@H]1C[C@H]2[C@H](N(C)C)C(=O)C(C(N)=O)=C(O)[C@@]2(O)C(=O)C1=C3O. The Hall–Kier alpha value is -3.61. The minimum atomic E-state index is -2.71. The molecule has 5 rings (SSSR count). The van der Waals surface area contributed by atoms with Crippen LogP contribution in [0.4, 0.5) is 10.1 Å². The summed E-state index contributed by atoms with van der Waals surface area (Å²) < 4.78 is 16.2. The number of nitrogens with two attached hydrogens (primary N) is 1. The molecule has 41 heavy (non-hydrogen) atoms. The second kappa shape index (κ2) is 9.74. The molecule has 6 N–H and O–H groups in total. The predicted molar refractivity (Wildman–Crippen MR) is 146 cm³/mol. The van der Waals surface area contributed by atoms with Crippen molar-refractivity contribution in [3.63, 3.8) is 0 Å². The third kappa shape index (κ3) is 3.95. The zero-order valence-corrected chi connectivity index (χ0v) is 23.6. The average Bonchev–Trinajstić information content (AvgIpc) is 3.01. The maximum absolute atomic E-state index is 16.2. The Bertz CT molecular complexity index is 1470. The quantitative estimate of drug-likeness (QED) is 0.333. The van der Waals surface area contributed by atoms with Gasteiger partial charge in [-0.1, -0.05) is 20.3 Å². The van der Waals surface area contributed by atoms with Gasteiger partial charge >= 0.3 is 0 Å². The van der Waals surface area contributed by atoms with E-state index >= 15 is 4.39 Å². The number of aliphatic hydroxyl groups is 3. The van der Waals surface area contributed by atoms with Crippen LogP contribution in [0.2, 0.25) is 0 Å². The Morgan fingerprint density at radius 1 is 1.27 bits per heavy atom. The van der Waals surface area contributed by atoms with Crippen LogP contribution in [-0.2, 0) is 32.1 Å². The van der Waals surface area contributed by atoms with Gasteiger partial charge < -0.3 is 26.4 Å². The minimum absolute atomic E-state index is 0.00882. The Morgan fingerprint density at radius 2 is 1.93 bits per heavy atom. The fourth-order valence-electron chi connectivity index (χ4n) is 7.23. The number of Topliss-reactive ketones (excluding diaryl/α,β-unsaturated/α-hetero) is 2. The first-order valence-electron chi connectivity index (χ1n) is 13.7. The summed E-state index contributed by atoms with van der Waals surface area (Å²) in [5.74, 6) is -7.89. The number of fused-ring (bicyclic) bond motifs is 4. The number of aliphatic hydroxyl groups excluding tert-OH is 2. The largest absolute Gasteiger partial charge is 0.508 e. The number of rotatable bonds is 4. The highest BCUT2D eigenvalue weighted by molar-refractivity contribution is 6.24. The molecule has 1 aromatic rings. The number of nitrogens with one attached hydrogen (secondary N) is 1. The third-order valence-electron chi connectivity index (χ3n) is 9.39. The van der Waals surface area contributed by atoms with Gasteiger partial charge in [0.2, 0.25) is 11.7 Å². The zero-order chi connectivity index (χ0) is 30.3. The Kier molecular flexibility index (Phi) is 6.87. The maximum atomic E-state index is 16.2. The van der Waals surface area contributed by atoms with E-state index in [1.165, 1.54) is 25.1 Å². The molecular formula is C29H35FN4O7. The molecule has 1 heterocycles. The molecule has 1 aliphatic heterocycles. The predicted octanol–water partition coefficient (Wildman–Crippen LogP) is 1.20. The van der Waals surface area contributed by atoms with E-state index in [-0.39, 0.29) is 59.2 Å². The van der Waals surface area contributed by atoms with Crippen molar-refractivity contribution >= 4 is 34.8 Å². The van der Waals surface area contributed by atoms with Gasteiger partial charge in [-0.3, -0.25) is 29.0 Å². The number of carbonyl (C=O) groups is 4. The van der Waals surface area contributed by atoms with Crippen LogP contribution in [0.25, 0.3) is 5.76 Å². The maximum Gasteiger partial charge on any atom is 0.255 e. The molecule has 0 saturated heterocycles. The zero-order valence-electron chi connectivity index (χ0n) is 23.6. The molecule has 1 aromatic carbocycles. The van der Waals surface area contributed by atoms with Gasteiger partial charge in [0, 0.05) is 34.9 Å². The van der Waals surface area contributed by atoms with Crippen molar-refractivity contribution in [2.24, 2.45) is 23.5 Å². The van der Waals surface area contributed by atoms with Gasteiger partial charge in [0.15, 0.2) is 11.4 Å². The lowest BCUT2D eigenvalue weighted by Gasteiger charge is -2.50. The summed E-state index contributed by atoms with van der Waals surface area (Å²) >= 11 is 0. The number of likely N-dealkylation sites (N-methyl/N-ethyl adjacent to an activating group) is 2. The third-order valence-corrected chi connectivity index (χ3v) is 9.39. The molecule has 2 amide bonds. The highest BCUT2D eigenvalue weighted by atomic mass is 19.1. The summed E-state index contributed by atoms with van der Waals surface area (Å²) in [4.78, 5) is 55.6. The first kappa shape index (κ1) is 28.9. The Labute approximate surface area is 236 Å². The molecule has 11 nitrogen and oxygen atoms in total. The van der Waals surface area contributed by atoms with Crippen LogP contribution >= 0.6 is 0 Å². The van der Waals surface area contributed by atoms with Gasteiger partial charge in [0.25, 0.3) is 5.91 Å². The van der Waals surface area contributed by atoms with Gasteiger partial charge in [0.1, 0.15) is 22.9 Å². The van der Waals surface area contributed by atoms with Gasteiger partial charge in [-0.25, -0.2) is 4.39 Å². The van der Waals surface area contributed by atoms with Crippen LogP contribution in [0.5, 0.6) is 0 Å². The summed E-state index contributed by atoms with van der Waals surface area (Å²) in [6, 6.07) is -0.268. The fourth-order valence-corrected chi connectivity index (χ4v) is 7.23. The molecule has 1 fully saturated rings. The summed E-state index contributed by atoms with van der Waals surface area (Å²) in [5.41, 5.74) is 2.09. The minimum Gasteiger partial charge on any atom is -0.508 e. The number of primary amides is 1. The van der Waals surface area contributed by atoms with Crippen molar-refractivity contribution < 1.29 is 38.9 Å². The van der Waals surface area contributed by atoms with E-state index in [9.17, 15) is 34.5 Å². The lowest BCUT2D eigenvalue weighted by atomic mass is 9.57.